The zero-order valence-corrected chi connectivity index (χ0v) is 8.30. The lowest BCUT2D eigenvalue weighted by molar-refractivity contribution is 0.0919. The van der Waals surface area contributed by atoms with Crippen molar-refractivity contribution in [3.05, 3.63) is 0 Å². The summed E-state index contributed by atoms with van der Waals surface area (Å²) in [5.41, 5.74) is 0.273. The minimum Gasteiger partial charge on any atom is -0.394 e. The van der Waals surface area contributed by atoms with Crippen LogP contribution in [0.3, 0.4) is 0 Å². The van der Waals surface area contributed by atoms with Crippen LogP contribution in [0.2, 0.25) is 0 Å². The van der Waals surface area contributed by atoms with Crippen LogP contribution < -0.4 is 5.32 Å². The molecule has 0 saturated carbocycles. The molecular formula is C9H21NO2. The molecule has 74 valence electrons. The zero-order chi connectivity index (χ0) is 9.61. The molecule has 0 fully saturated rings. The first kappa shape index (κ1) is 11.9. The molecule has 12 heavy (non-hydrogen) atoms. The Kier molecular flexibility index (Phi) is 5.46. The van der Waals surface area contributed by atoms with Crippen LogP contribution in [-0.4, -0.2) is 36.0 Å². The van der Waals surface area contributed by atoms with Crippen molar-refractivity contribution in [2.45, 2.75) is 33.3 Å². The molecule has 0 bridgehead atoms. The fraction of sp³-hybridized carbons (Fsp3) is 1.00. The highest BCUT2D eigenvalue weighted by Crippen LogP contribution is 2.17. The van der Waals surface area contributed by atoms with Gasteiger partial charge >= 0.3 is 0 Å². The predicted octanol–water partition coefficient (Wildman–Crippen LogP) is 0.365. The van der Waals surface area contributed by atoms with Crippen LogP contribution in [-0.2, 0) is 0 Å². The Morgan fingerprint density at radius 2 is 2.00 bits per heavy atom. The summed E-state index contributed by atoms with van der Waals surface area (Å²) < 4.78 is 0. The Morgan fingerprint density at radius 3 is 2.42 bits per heavy atom. The van der Waals surface area contributed by atoms with E-state index in [1.807, 2.05) is 0 Å². The SMILES string of the molecule is CCC(C)(C)CNCC(O)CO. The van der Waals surface area contributed by atoms with Crippen molar-refractivity contribution in [1.29, 1.82) is 0 Å². The van der Waals surface area contributed by atoms with Gasteiger partial charge in [-0.3, -0.25) is 0 Å². The van der Waals surface area contributed by atoms with Crippen LogP contribution in [0.1, 0.15) is 27.2 Å². The highest BCUT2D eigenvalue weighted by Gasteiger charge is 2.14. The summed E-state index contributed by atoms with van der Waals surface area (Å²) in [6.45, 7) is 7.67. The van der Waals surface area contributed by atoms with E-state index < -0.39 is 6.10 Å². The fourth-order valence-corrected chi connectivity index (χ4v) is 0.767. The van der Waals surface area contributed by atoms with Crippen LogP contribution in [0.15, 0.2) is 0 Å². The minimum atomic E-state index is -0.627. The van der Waals surface area contributed by atoms with E-state index in [2.05, 4.69) is 26.1 Å². The van der Waals surface area contributed by atoms with E-state index in [1.165, 1.54) is 0 Å². The molecule has 0 aliphatic carbocycles. The van der Waals surface area contributed by atoms with Crippen molar-refractivity contribution in [2.24, 2.45) is 5.41 Å². The van der Waals surface area contributed by atoms with Gasteiger partial charge in [0.15, 0.2) is 0 Å². The van der Waals surface area contributed by atoms with Gasteiger partial charge in [-0.05, 0) is 11.8 Å². The standard InChI is InChI=1S/C9H21NO2/c1-4-9(2,3)7-10-5-8(12)6-11/h8,10-12H,4-7H2,1-3H3. The van der Waals surface area contributed by atoms with Crippen LogP contribution in [0.4, 0.5) is 0 Å². The highest BCUT2D eigenvalue weighted by atomic mass is 16.3. The molecule has 0 amide bonds. The van der Waals surface area contributed by atoms with E-state index >= 15 is 0 Å². The third-order valence-corrected chi connectivity index (χ3v) is 2.15. The Bertz CT molecular complexity index is 115. The average molecular weight is 175 g/mol. The Labute approximate surface area is 74.8 Å². The molecule has 0 spiro atoms. The molecule has 0 aliphatic heterocycles. The van der Waals surface area contributed by atoms with Gasteiger partial charge in [0.1, 0.15) is 0 Å². The summed E-state index contributed by atoms with van der Waals surface area (Å²) in [6.07, 6.45) is 0.479. The molecule has 0 aromatic carbocycles. The lowest BCUT2D eigenvalue weighted by Gasteiger charge is -2.23. The number of hydrogen-bond acceptors (Lipinski definition) is 3. The number of hydrogen-bond donors (Lipinski definition) is 3. The normalized spacial score (nSPS) is 14.8. The molecule has 3 nitrogen and oxygen atoms in total. The summed E-state index contributed by atoms with van der Waals surface area (Å²) >= 11 is 0. The van der Waals surface area contributed by atoms with Crippen LogP contribution in [0.25, 0.3) is 0 Å². The molecule has 1 atom stereocenters. The summed E-state index contributed by atoms with van der Waals surface area (Å²) in [5.74, 6) is 0. The van der Waals surface area contributed by atoms with Gasteiger partial charge in [0.2, 0.25) is 0 Å². The summed E-state index contributed by atoms with van der Waals surface area (Å²) in [7, 11) is 0. The first-order chi connectivity index (χ1) is 5.52. The van der Waals surface area contributed by atoms with E-state index in [0.717, 1.165) is 13.0 Å². The van der Waals surface area contributed by atoms with Gasteiger partial charge in [-0.2, -0.15) is 0 Å². The zero-order valence-electron chi connectivity index (χ0n) is 8.30. The smallest absolute Gasteiger partial charge is 0.0894 e. The van der Waals surface area contributed by atoms with Gasteiger partial charge < -0.3 is 15.5 Å². The summed E-state index contributed by atoms with van der Waals surface area (Å²) in [6, 6.07) is 0. The summed E-state index contributed by atoms with van der Waals surface area (Å²) in [4.78, 5) is 0. The van der Waals surface area contributed by atoms with E-state index in [1.54, 1.807) is 0 Å². The van der Waals surface area contributed by atoms with E-state index in [-0.39, 0.29) is 12.0 Å². The van der Waals surface area contributed by atoms with Crippen molar-refractivity contribution in [3.63, 3.8) is 0 Å². The Hall–Kier alpha value is -0.120. The molecule has 0 saturated heterocycles. The molecular weight excluding hydrogens is 154 g/mol. The van der Waals surface area contributed by atoms with Crippen LogP contribution in [0, 0.1) is 5.41 Å². The molecule has 0 aromatic rings. The lowest BCUT2D eigenvalue weighted by atomic mass is 9.90. The Morgan fingerprint density at radius 1 is 1.42 bits per heavy atom. The van der Waals surface area contributed by atoms with Gasteiger partial charge in [0, 0.05) is 13.1 Å². The second-order valence-electron chi connectivity index (χ2n) is 3.99. The highest BCUT2D eigenvalue weighted by molar-refractivity contribution is 4.70. The predicted molar refractivity (Wildman–Crippen MR) is 50.0 cm³/mol. The number of aliphatic hydroxyl groups excluding tert-OH is 2. The second kappa shape index (κ2) is 5.51. The van der Waals surface area contributed by atoms with Crippen molar-refractivity contribution in [1.82, 2.24) is 5.32 Å². The summed E-state index contributed by atoms with van der Waals surface area (Å²) in [5, 5.41) is 20.7. The third kappa shape index (κ3) is 5.52. The monoisotopic (exact) mass is 175 g/mol. The number of rotatable bonds is 6. The first-order valence-corrected chi connectivity index (χ1v) is 4.51. The topological polar surface area (TPSA) is 52.5 Å². The quantitative estimate of drug-likeness (QED) is 0.546. The van der Waals surface area contributed by atoms with Crippen molar-refractivity contribution in [3.8, 4) is 0 Å². The molecule has 0 aliphatic rings. The maximum atomic E-state index is 9.01. The fourth-order valence-electron chi connectivity index (χ4n) is 0.767. The van der Waals surface area contributed by atoms with Crippen LogP contribution >= 0.6 is 0 Å². The van der Waals surface area contributed by atoms with E-state index in [4.69, 9.17) is 10.2 Å². The van der Waals surface area contributed by atoms with E-state index in [9.17, 15) is 0 Å². The second-order valence-corrected chi connectivity index (χ2v) is 3.99. The molecule has 3 N–H and O–H groups in total. The molecule has 0 heterocycles. The van der Waals surface area contributed by atoms with Gasteiger partial charge in [-0.1, -0.05) is 20.8 Å². The largest absolute Gasteiger partial charge is 0.394 e. The van der Waals surface area contributed by atoms with Gasteiger partial charge in [-0.25, -0.2) is 0 Å². The maximum absolute atomic E-state index is 9.01. The van der Waals surface area contributed by atoms with Crippen molar-refractivity contribution < 1.29 is 10.2 Å². The van der Waals surface area contributed by atoms with E-state index in [0.29, 0.717) is 6.54 Å². The van der Waals surface area contributed by atoms with Gasteiger partial charge in [0.25, 0.3) is 0 Å². The third-order valence-electron chi connectivity index (χ3n) is 2.15. The van der Waals surface area contributed by atoms with Gasteiger partial charge in [-0.15, -0.1) is 0 Å². The maximum Gasteiger partial charge on any atom is 0.0894 e. The molecule has 0 aromatic heterocycles. The van der Waals surface area contributed by atoms with Gasteiger partial charge in [0.05, 0.1) is 12.7 Å². The average Bonchev–Trinajstić information content (AvgIpc) is 2.04. The molecule has 0 radical (unpaired) electrons. The molecule has 3 heteroatoms. The lowest BCUT2D eigenvalue weighted by Crippen LogP contribution is -2.35. The Balaban J connectivity index is 3.42. The van der Waals surface area contributed by atoms with Crippen molar-refractivity contribution >= 4 is 0 Å². The molecule has 0 rings (SSSR count). The minimum absolute atomic E-state index is 0.167. The molecule has 1 unspecified atom stereocenters. The number of nitrogens with one attached hydrogen (secondary N) is 1. The van der Waals surface area contributed by atoms with Crippen molar-refractivity contribution in [2.75, 3.05) is 19.7 Å². The number of aliphatic hydroxyl groups is 2. The van der Waals surface area contributed by atoms with Crippen LogP contribution in [0.5, 0.6) is 0 Å². The first-order valence-electron chi connectivity index (χ1n) is 4.51.